The third kappa shape index (κ3) is 9.65. The number of anilines is 1. The van der Waals surface area contributed by atoms with Crippen molar-refractivity contribution in [2.75, 3.05) is 25.2 Å². The molecule has 3 N–H and O–H groups in total. The molecule has 6 rings (SSSR count). The zero-order chi connectivity index (χ0) is 46.2. The molecular weight excluding hydrogens is 959 g/mol. The van der Waals surface area contributed by atoms with Gasteiger partial charge in [0.1, 0.15) is 0 Å². The summed E-state index contributed by atoms with van der Waals surface area (Å²) < 4.78 is 97.1. The number of fused-ring (bicyclic) bond motifs is 1. The van der Waals surface area contributed by atoms with E-state index in [1.807, 2.05) is 96.3 Å². The number of benzene rings is 4. The quantitative estimate of drug-likeness (QED) is 0.0402. The lowest BCUT2D eigenvalue weighted by molar-refractivity contribution is -0.143. The van der Waals surface area contributed by atoms with Crippen molar-refractivity contribution >= 4 is 64.9 Å². The van der Waals surface area contributed by atoms with Crippen LogP contribution in [0.4, 0.5) is 32.0 Å². The molecule has 0 radical (unpaired) electrons. The summed E-state index contributed by atoms with van der Waals surface area (Å²) in [5, 5.41) is 35.0. The molecule has 63 heavy (non-hydrogen) atoms. The number of aromatic hydroxyl groups is 1. The molecule has 1 saturated heterocycles. The number of ether oxygens (including phenoxy) is 1. The molecule has 4 aromatic carbocycles. The summed E-state index contributed by atoms with van der Waals surface area (Å²) in [6.45, 7) is 7.04. The lowest BCUT2D eigenvalue weighted by Gasteiger charge is -2.44. The van der Waals surface area contributed by atoms with Crippen molar-refractivity contribution in [3.8, 4) is 11.5 Å². The van der Waals surface area contributed by atoms with Crippen LogP contribution in [-0.2, 0) is 26.4 Å². The third-order valence-electron chi connectivity index (χ3n) is 11.9. The zero-order valence-corrected chi connectivity index (χ0v) is 38.3. The van der Waals surface area contributed by atoms with Gasteiger partial charge in [-0.3, -0.25) is 9.59 Å². The van der Waals surface area contributed by atoms with Gasteiger partial charge < -0.3 is 24.5 Å². The second-order valence-corrected chi connectivity index (χ2v) is 22.5. The first-order valence-corrected chi connectivity index (χ1v) is 23.2. The van der Waals surface area contributed by atoms with Crippen molar-refractivity contribution in [2.45, 2.75) is 70.5 Å². The molecule has 1 aliphatic carbocycles. The fourth-order valence-electron chi connectivity index (χ4n) is 9.08. The Balaban J connectivity index is 1.45. The van der Waals surface area contributed by atoms with Crippen molar-refractivity contribution in [3.63, 3.8) is 0 Å². The van der Waals surface area contributed by atoms with Gasteiger partial charge in [-0.05, 0) is 111 Å². The molecule has 8 nitrogen and oxygen atoms in total. The Bertz CT molecular complexity index is 2330. The second kappa shape index (κ2) is 18.5. The van der Waals surface area contributed by atoms with Gasteiger partial charge in [-0.2, -0.15) is 26.3 Å². The number of hydrogen-bond donors (Lipinski definition) is 3. The summed E-state index contributed by atoms with van der Waals surface area (Å²) in [5.74, 6) is -5.83. The predicted molar refractivity (Wildman–Crippen MR) is 238 cm³/mol. The number of aliphatic hydroxyl groups excluding tert-OH is 2. The van der Waals surface area contributed by atoms with Gasteiger partial charge >= 0.3 is 12.4 Å². The molecule has 0 saturated carbocycles. The van der Waals surface area contributed by atoms with Crippen LogP contribution in [0.1, 0.15) is 63.6 Å². The normalized spacial score (nSPS) is 19.4. The minimum Gasteiger partial charge on any atom is -0.504 e. The van der Waals surface area contributed by atoms with Crippen LogP contribution in [-0.4, -0.2) is 61.9 Å². The second-order valence-electron chi connectivity index (χ2n) is 17.0. The van der Waals surface area contributed by atoms with Crippen molar-refractivity contribution in [1.82, 2.24) is 0 Å². The molecule has 0 spiro atoms. The number of halogens is 7. The van der Waals surface area contributed by atoms with E-state index in [9.17, 15) is 51.3 Å². The molecule has 0 bridgehead atoms. The van der Waals surface area contributed by atoms with Crippen LogP contribution in [0.2, 0.25) is 5.04 Å². The minimum absolute atomic E-state index is 0.0129. The van der Waals surface area contributed by atoms with Gasteiger partial charge in [0.2, 0.25) is 11.8 Å². The molecule has 2 aliphatic rings. The molecule has 4 atom stereocenters. The average Bonchev–Trinajstić information content (AvgIpc) is 3.48. The number of allylic oxidation sites excluding steroid dienone is 1. The van der Waals surface area contributed by atoms with Crippen LogP contribution in [0.25, 0.3) is 6.08 Å². The molecular formula is C47H48F6INO7Si. The van der Waals surface area contributed by atoms with Crippen LogP contribution in [0.5, 0.6) is 11.5 Å². The summed E-state index contributed by atoms with van der Waals surface area (Å²) in [5.41, 5.74) is -2.14. The van der Waals surface area contributed by atoms with E-state index < -0.39 is 84.8 Å². The van der Waals surface area contributed by atoms with E-state index in [2.05, 4.69) is 20.8 Å². The molecule has 0 unspecified atom stereocenters. The van der Waals surface area contributed by atoms with Crippen LogP contribution in [0.15, 0.2) is 108 Å². The summed E-state index contributed by atoms with van der Waals surface area (Å²) >= 11 is 1.98. The van der Waals surface area contributed by atoms with Crippen LogP contribution < -0.4 is 20.0 Å². The first kappa shape index (κ1) is 48.0. The number of amides is 2. The van der Waals surface area contributed by atoms with E-state index in [1.54, 1.807) is 12.1 Å². The highest BCUT2D eigenvalue weighted by atomic mass is 127. The highest BCUT2D eigenvalue weighted by Gasteiger charge is 2.57. The summed E-state index contributed by atoms with van der Waals surface area (Å²) in [6.07, 6.45) is -9.84. The van der Waals surface area contributed by atoms with E-state index >= 15 is 0 Å². The first-order chi connectivity index (χ1) is 29.5. The van der Waals surface area contributed by atoms with E-state index in [-0.39, 0.29) is 42.6 Å². The molecule has 1 aliphatic heterocycles. The Labute approximate surface area is 376 Å². The predicted octanol–water partition coefficient (Wildman–Crippen LogP) is 9.28. The maximum Gasteiger partial charge on any atom is 0.416 e. The Morgan fingerprint density at radius 3 is 1.94 bits per heavy atom. The lowest BCUT2D eigenvalue weighted by atomic mass is 9.68. The smallest absolute Gasteiger partial charge is 0.416 e. The average molecular weight is 1010 g/mol. The van der Waals surface area contributed by atoms with E-state index in [0.29, 0.717) is 38.2 Å². The van der Waals surface area contributed by atoms with Crippen molar-refractivity contribution < 1.29 is 60.4 Å². The Morgan fingerprint density at radius 2 is 1.44 bits per heavy atom. The number of phenolic OH excluding ortho intramolecular Hbond substituents is 1. The highest BCUT2D eigenvalue weighted by Crippen LogP contribution is 2.49. The molecule has 4 aromatic rings. The monoisotopic (exact) mass is 1010 g/mol. The number of methoxy groups -OCH3 is 1. The Morgan fingerprint density at radius 1 is 0.889 bits per heavy atom. The fourth-order valence-corrected chi connectivity index (χ4v) is 14.3. The maximum absolute atomic E-state index is 14.4. The molecule has 1 fully saturated rings. The number of rotatable bonds is 13. The molecule has 336 valence electrons. The van der Waals surface area contributed by atoms with Gasteiger partial charge in [-0.25, -0.2) is 4.90 Å². The molecule has 1 heterocycles. The van der Waals surface area contributed by atoms with Gasteiger partial charge in [0.05, 0.1) is 58.6 Å². The van der Waals surface area contributed by atoms with Crippen LogP contribution >= 0.6 is 22.6 Å². The summed E-state index contributed by atoms with van der Waals surface area (Å²) in [4.78, 5) is 29.1. The fraction of sp³-hybridized carbons (Fsp3) is 0.362. The standard InChI is InChI=1S/C47H48F6INO7Si/c1-27(18-28-19-37(54)42(58)39(20-28)61-5)16-17-38(57)40-29(26-62-63(45(2,3)4,33-12-8-6-9-13-33)34-14-10-7-11-15-34)21-35-41(36(40)25-56)44(60)55(43(35)59)32-23-30(46(48,49)50)22-31(24-32)47(51,52)53/h6-15,18-20,22-24,35-36,38,41,56-58H,16-17,21,25-26H2,1-5H3/b27-18+/t35-,36+,38-,41-/m1/s1. The minimum atomic E-state index is -5.24. The van der Waals surface area contributed by atoms with Gasteiger partial charge in [-0.1, -0.05) is 93.1 Å². The summed E-state index contributed by atoms with van der Waals surface area (Å²) in [7, 11) is -1.87. The Kier molecular flexibility index (Phi) is 14.1. The van der Waals surface area contributed by atoms with Crippen molar-refractivity contribution in [2.24, 2.45) is 17.8 Å². The van der Waals surface area contributed by atoms with Crippen molar-refractivity contribution in [3.05, 3.63) is 128 Å². The SMILES string of the molecule is COc1cc(/C=C(\C)CC[C@@H](O)C2=C(CO[Si](c3ccccc3)(c3ccccc3)C(C)(C)C)C[C@H]3C(=O)N(c4cc(C(F)(F)F)cc(C(F)(F)F)c4)C(=O)[C@H]3[C@H]2CO)cc(I)c1O. The Hall–Kier alpha value is -4.49. The molecule has 0 aromatic heterocycles. The number of aliphatic hydroxyl groups is 2. The van der Waals surface area contributed by atoms with E-state index in [0.717, 1.165) is 15.9 Å². The zero-order valence-electron chi connectivity index (χ0n) is 35.2. The van der Waals surface area contributed by atoms with Gasteiger partial charge in [0, 0.05) is 5.92 Å². The van der Waals surface area contributed by atoms with Crippen molar-refractivity contribution in [1.29, 1.82) is 0 Å². The number of imide groups is 1. The lowest BCUT2D eigenvalue weighted by Crippen LogP contribution is -2.66. The number of alkyl halides is 6. The number of carbonyl (C=O) groups excluding carboxylic acids is 2. The molecule has 16 heteroatoms. The number of phenols is 1. The highest BCUT2D eigenvalue weighted by molar-refractivity contribution is 14.1. The topological polar surface area (TPSA) is 117 Å². The first-order valence-electron chi connectivity index (χ1n) is 20.2. The summed E-state index contributed by atoms with van der Waals surface area (Å²) in [6, 6.07) is 23.3. The van der Waals surface area contributed by atoms with E-state index in [4.69, 9.17) is 9.16 Å². The maximum atomic E-state index is 14.4. The third-order valence-corrected chi connectivity index (χ3v) is 17.8. The van der Waals surface area contributed by atoms with Crippen LogP contribution in [0, 0.1) is 21.3 Å². The van der Waals surface area contributed by atoms with Gasteiger partial charge in [0.15, 0.2) is 11.5 Å². The van der Waals surface area contributed by atoms with Crippen LogP contribution in [0.3, 0.4) is 0 Å². The van der Waals surface area contributed by atoms with Gasteiger partial charge in [-0.15, -0.1) is 0 Å². The van der Waals surface area contributed by atoms with E-state index in [1.165, 1.54) is 7.11 Å². The number of nitrogens with zero attached hydrogens (tertiary/aromatic N) is 1. The van der Waals surface area contributed by atoms with Gasteiger partial charge in [0.25, 0.3) is 8.32 Å². The largest absolute Gasteiger partial charge is 0.504 e. The molecule has 2 amide bonds. The number of carbonyl (C=O) groups is 2. The number of hydrogen-bond acceptors (Lipinski definition) is 7.